The van der Waals surface area contributed by atoms with E-state index in [1.54, 1.807) is 0 Å². The van der Waals surface area contributed by atoms with Crippen molar-refractivity contribution >= 4 is 27.4 Å². The Labute approximate surface area is 98.0 Å². The van der Waals surface area contributed by atoms with Gasteiger partial charge >= 0.3 is 0 Å². The van der Waals surface area contributed by atoms with Crippen LogP contribution in [0.1, 0.15) is 19.3 Å². The quantitative estimate of drug-likeness (QED) is 0.848. The van der Waals surface area contributed by atoms with Crippen LogP contribution in [0.15, 0.2) is 16.7 Å². The molecule has 3 rings (SSSR count). The van der Waals surface area contributed by atoms with E-state index < -0.39 is 0 Å². The fourth-order valence-corrected chi connectivity index (χ4v) is 2.44. The molecule has 1 aromatic heterocycles. The second kappa shape index (κ2) is 3.67. The molecule has 1 aliphatic heterocycles. The smallest absolute Gasteiger partial charge is 0.152 e. The fraction of sp³-hybridized carbons (Fsp3) is 0.545. The molecule has 1 aromatic rings. The van der Waals surface area contributed by atoms with Gasteiger partial charge in [0.15, 0.2) is 5.82 Å². The first-order chi connectivity index (χ1) is 7.34. The molecule has 0 unspecified atom stereocenters. The molecule has 0 atom stereocenters. The van der Waals surface area contributed by atoms with E-state index in [0.29, 0.717) is 0 Å². The highest BCUT2D eigenvalue weighted by Gasteiger charge is 2.31. The number of nitrogens with zero attached hydrogens (tertiary/aromatic N) is 2. The van der Waals surface area contributed by atoms with Gasteiger partial charge in [0.1, 0.15) is 0 Å². The molecule has 1 N–H and O–H groups in total. The van der Waals surface area contributed by atoms with Crippen molar-refractivity contribution in [3.8, 4) is 0 Å². The molecule has 0 radical (unpaired) electrons. The van der Waals surface area contributed by atoms with Crippen molar-refractivity contribution in [3.05, 3.63) is 16.7 Å². The lowest BCUT2D eigenvalue weighted by Crippen LogP contribution is -2.27. The van der Waals surface area contributed by atoms with E-state index in [9.17, 15) is 0 Å². The molecule has 80 valence electrons. The first-order valence-electron chi connectivity index (χ1n) is 5.50. The molecule has 4 heteroatoms. The lowest BCUT2D eigenvalue weighted by atomic mass is 10.3. The highest BCUT2D eigenvalue weighted by Crippen LogP contribution is 2.36. The van der Waals surface area contributed by atoms with Crippen LogP contribution in [0.2, 0.25) is 0 Å². The van der Waals surface area contributed by atoms with E-state index >= 15 is 0 Å². The second-order valence-corrected chi connectivity index (χ2v) is 5.15. The van der Waals surface area contributed by atoms with Crippen LogP contribution in [0.5, 0.6) is 0 Å². The number of hydrogen-bond donors (Lipinski definition) is 1. The number of hydrogen-bond acceptors (Lipinski definition) is 3. The van der Waals surface area contributed by atoms with E-state index in [1.165, 1.54) is 24.9 Å². The Morgan fingerprint density at radius 3 is 3.13 bits per heavy atom. The topological polar surface area (TPSA) is 28.2 Å². The normalized spacial score (nSPS) is 20.5. The predicted octanol–water partition coefficient (Wildman–Crippen LogP) is 2.63. The standard InChI is InChI=1S/C11H14BrN3/c12-8-6-10-11(14-7-8)15(9-2-3-9)5-1-4-13-10/h6-7,9,13H,1-5H2. The Balaban J connectivity index is 2.00. The summed E-state index contributed by atoms with van der Waals surface area (Å²) in [7, 11) is 0. The Morgan fingerprint density at radius 1 is 1.47 bits per heavy atom. The van der Waals surface area contributed by atoms with Crippen molar-refractivity contribution in [3.63, 3.8) is 0 Å². The fourth-order valence-electron chi connectivity index (χ4n) is 2.11. The number of aromatic nitrogens is 1. The van der Waals surface area contributed by atoms with Gasteiger partial charge in [-0.2, -0.15) is 0 Å². The molecule has 0 bridgehead atoms. The monoisotopic (exact) mass is 267 g/mol. The summed E-state index contributed by atoms with van der Waals surface area (Å²) in [5, 5.41) is 3.44. The molecule has 3 nitrogen and oxygen atoms in total. The van der Waals surface area contributed by atoms with Crippen LogP contribution in [0.4, 0.5) is 11.5 Å². The van der Waals surface area contributed by atoms with Crippen molar-refractivity contribution in [1.82, 2.24) is 4.98 Å². The molecule has 1 aliphatic carbocycles. The Kier molecular flexibility index (Phi) is 2.31. The molecule has 1 fully saturated rings. The number of fused-ring (bicyclic) bond motifs is 1. The van der Waals surface area contributed by atoms with Crippen LogP contribution >= 0.6 is 15.9 Å². The van der Waals surface area contributed by atoms with Gasteiger partial charge in [0, 0.05) is 29.8 Å². The van der Waals surface area contributed by atoms with Gasteiger partial charge < -0.3 is 10.2 Å². The van der Waals surface area contributed by atoms with Gasteiger partial charge in [-0.25, -0.2) is 4.98 Å². The summed E-state index contributed by atoms with van der Waals surface area (Å²) in [6, 6.07) is 2.88. The third-order valence-corrected chi connectivity index (χ3v) is 3.42. The molecule has 0 saturated heterocycles. The largest absolute Gasteiger partial charge is 0.382 e. The van der Waals surface area contributed by atoms with Crippen molar-refractivity contribution < 1.29 is 0 Å². The van der Waals surface area contributed by atoms with E-state index in [2.05, 4.69) is 37.2 Å². The molecule has 0 spiro atoms. The molecule has 0 amide bonds. The lowest BCUT2D eigenvalue weighted by molar-refractivity contribution is 0.751. The van der Waals surface area contributed by atoms with E-state index in [0.717, 1.165) is 29.4 Å². The van der Waals surface area contributed by atoms with Gasteiger partial charge in [-0.15, -0.1) is 0 Å². The maximum atomic E-state index is 4.54. The summed E-state index contributed by atoms with van der Waals surface area (Å²) < 4.78 is 1.05. The highest BCUT2D eigenvalue weighted by molar-refractivity contribution is 9.10. The van der Waals surface area contributed by atoms with Crippen molar-refractivity contribution in [1.29, 1.82) is 0 Å². The number of pyridine rings is 1. The average Bonchev–Trinajstić information content (AvgIpc) is 3.01. The zero-order chi connectivity index (χ0) is 10.3. The van der Waals surface area contributed by atoms with Crippen molar-refractivity contribution in [2.75, 3.05) is 23.3 Å². The summed E-state index contributed by atoms with van der Waals surface area (Å²) in [6.45, 7) is 2.19. The summed E-state index contributed by atoms with van der Waals surface area (Å²) in [5.41, 5.74) is 1.17. The van der Waals surface area contributed by atoms with Crippen molar-refractivity contribution in [2.45, 2.75) is 25.3 Å². The zero-order valence-corrected chi connectivity index (χ0v) is 10.1. The number of rotatable bonds is 1. The minimum absolute atomic E-state index is 0.748. The maximum absolute atomic E-state index is 4.54. The zero-order valence-electron chi connectivity index (χ0n) is 8.54. The van der Waals surface area contributed by atoms with Crippen LogP contribution in [-0.2, 0) is 0 Å². The molecule has 2 heterocycles. The minimum atomic E-state index is 0.748. The molecular weight excluding hydrogens is 254 g/mol. The van der Waals surface area contributed by atoms with Crippen LogP contribution in [0.3, 0.4) is 0 Å². The summed E-state index contributed by atoms with van der Waals surface area (Å²) in [6.07, 6.45) is 5.75. The van der Waals surface area contributed by atoms with E-state index in [1.807, 2.05) is 6.20 Å². The third kappa shape index (κ3) is 1.83. The number of anilines is 2. The molecule has 2 aliphatic rings. The second-order valence-electron chi connectivity index (χ2n) is 4.23. The van der Waals surface area contributed by atoms with Crippen LogP contribution in [0.25, 0.3) is 0 Å². The summed E-state index contributed by atoms with van der Waals surface area (Å²) in [4.78, 5) is 7.00. The number of nitrogens with one attached hydrogen (secondary N) is 1. The molecular formula is C11H14BrN3. The summed E-state index contributed by atoms with van der Waals surface area (Å²) in [5.74, 6) is 1.14. The Morgan fingerprint density at radius 2 is 2.33 bits per heavy atom. The third-order valence-electron chi connectivity index (χ3n) is 2.98. The first kappa shape index (κ1) is 9.46. The van der Waals surface area contributed by atoms with Crippen molar-refractivity contribution in [2.24, 2.45) is 0 Å². The number of halogens is 1. The first-order valence-corrected chi connectivity index (χ1v) is 6.30. The van der Waals surface area contributed by atoms with Gasteiger partial charge in [-0.05, 0) is 41.3 Å². The van der Waals surface area contributed by atoms with Crippen LogP contribution < -0.4 is 10.2 Å². The average molecular weight is 268 g/mol. The minimum Gasteiger partial charge on any atom is -0.382 e. The predicted molar refractivity (Wildman–Crippen MR) is 65.4 cm³/mol. The van der Waals surface area contributed by atoms with Gasteiger partial charge in [0.2, 0.25) is 0 Å². The molecule has 0 aromatic carbocycles. The van der Waals surface area contributed by atoms with Gasteiger partial charge in [-0.3, -0.25) is 0 Å². The lowest BCUT2D eigenvalue weighted by Gasteiger charge is -2.22. The maximum Gasteiger partial charge on any atom is 0.152 e. The van der Waals surface area contributed by atoms with E-state index in [4.69, 9.17) is 0 Å². The van der Waals surface area contributed by atoms with Crippen LogP contribution in [0, 0.1) is 0 Å². The van der Waals surface area contributed by atoms with Gasteiger partial charge in [-0.1, -0.05) is 0 Å². The van der Waals surface area contributed by atoms with Gasteiger partial charge in [0.05, 0.1) is 5.69 Å². The Hall–Kier alpha value is -0.770. The summed E-state index contributed by atoms with van der Waals surface area (Å²) >= 11 is 3.47. The molecule has 1 saturated carbocycles. The van der Waals surface area contributed by atoms with E-state index in [-0.39, 0.29) is 0 Å². The van der Waals surface area contributed by atoms with Gasteiger partial charge in [0.25, 0.3) is 0 Å². The highest BCUT2D eigenvalue weighted by atomic mass is 79.9. The SMILES string of the molecule is Brc1cnc2c(c1)NCCCN2C1CC1. The van der Waals surface area contributed by atoms with Crippen LogP contribution in [-0.4, -0.2) is 24.1 Å². The molecule has 15 heavy (non-hydrogen) atoms. The Bertz CT molecular complexity index is 376.